The van der Waals surface area contributed by atoms with Gasteiger partial charge in [-0.15, -0.1) is 0 Å². The Balaban J connectivity index is 1.55. The number of fused-ring (bicyclic) bond motifs is 5. The maximum atomic E-state index is 2.67. The van der Waals surface area contributed by atoms with Crippen LogP contribution in [-0.4, -0.2) is 0 Å². The monoisotopic (exact) mass is 380 g/mol. The summed E-state index contributed by atoms with van der Waals surface area (Å²) in [6.07, 6.45) is 20.3. The first-order valence-electron chi connectivity index (χ1n) is 12.3. The van der Waals surface area contributed by atoms with Crippen LogP contribution < -0.4 is 0 Å². The van der Waals surface area contributed by atoms with Gasteiger partial charge in [0, 0.05) is 0 Å². The molecule has 3 saturated carbocycles. The van der Waals surface area contributed by atoms with Crippen molar-refractivity contribution in [1.82, 2.24) is 0 Å². The lowest BCUT2D eigenvalue weighted by Crippen LogP contribution is -2.46. The van der Waals surface area contributed by atoms with E-state index in [2.05, 4.69) is 59.8 Å². The molecule has 4 rings (SSSR count). The molecule has 0 aromatic rings. The summed E-state index contributed by atoms with van der Waals surface area (Å²) in [5.74, 6) is 4.38. The van der Waals surface area contributed by atoms with Gasteiger partial charge in [0.25, 0.3) is 0 Å². The largest absolute Gasteiger partial charge is 0.0859 e. The summed E-state index contributed by atoms with van der Waals surface area (Å²) in [5.41, 5.74) is 6.16. The highest BCUT2D eigenvalue weighted by atomic mass is 14.6. The van der Waals surface area contributed by atoms with Crippen molar-refractivity contribution in [3.63, 3.8) is 0 Å². The van der Waals surface area contributed by atoms with Gasteiger partial charge < -0.3 is 0 Å². The second-order valence-corrected chi connectivity index (χ2v) is 11.8. The number of hydrogen-bond acceptors (Lipinski definition) is 0. The first-order valence-corrected chi connectivity index (χ1v) is 12.3. The van der Waals surface area contributed by atoms with Crippen molar-refractivity contribution >= 4 is 0 Å². The van der Waals surface area contributed by atoms with E-state index in [0.29, 0.717) is 10.8 Å². The molecule has 0 spiro atoms. The molecule has 0 nitrogen and oxygen atoms in total. The molecule has 0 bridgehead atoms. The number of hydrogen-bond donors (Lipinski definition) is 0. The Morgan fingerprint density at radius 3 is 2.61 bits per heavy atom. The van der Waals surface area contributed by atoms with Crippen molar-refractivity contribution < 1.29 is 0 Å². The molecule has 0 aromatic heterocycles. The fraction of sp³-hybridized carbons (Fsp3) is 0.786. The normalized spacial score (nSPS) is 43.2. The van der Waals surface area contributed by atoms with Crippen molar-refractivity contribution in [3.05, 3.63) is 34.9 Å². The van der Waals surface area contributed by atoms with Gasteiger partial charge in [-0.2, -0.15) is 0 Å². The second-order valence-electron chi connectivity index (χ2n) is 11.8. The molecule has 0 aliphatic heterocycles. The van der Waals surface area contributed by atoms with Crippen LogP contribution in [0.1, 0.15) is 99.3 Å². The van der Waals surface area contributed by atoms with E-state index in [1.54, 1.807) is 5.57 Å². The van der Waals surface area contributed by atoms with E-state index in [4.69, 9.17) is 0 Å². The SMILES string of the molecule is CC(C)=CCC[C@@H](C)[C@H]1CCC2C3=CC=C4C[C@@H](C)CC[C@]4(C)C3CC[C@@]21C. The van der Waals surface area contributed by atoms with E-state index in [0.717, 1.165) is 29.6 Å². The van der Waals surface area contributed by atoms with Gasteiger partial charge >= 0.3 is 0 Å². The van der Waals surface area contributed by atoms with Crippen molar-refractivity contribution in [2.75, 3.05) is 0 Å². The zero-order chi connectivity index (χ0) is 20.1. The van der Waals surface area contributed by atoms with E-state index in [1.165, 1.54) is 63.4 Å². The molecule has 0 aromatic carbocycles. The van der Waals surface area contributed by atoms with Gasteiger partial charge in [-0.05, 0) is 112 Å². The predicted molar refractivity (Wildman–Crippen MR) is 122 cm³/mol. The highest BCUT2D eigenvalue weighted by Crippen LogP contribution is 2.66. The van der Waals surface area contributed by atoms with E-state index in [-0.39, 0.29) is 0 Å². The molecule has 156 valence electrons. The Morgan fingerprint density at radius 1 is 1.07 bits per heavy atom. The van der Waals surface area contributed by atoms with Gasteiger partial charge in [-0.3, -0.25) is 0 Å². The smallest absolute Gasteiger partial charge is 0.00474 e. The zero-order valence-electron chi connectivity index (χ0n) is 19.5. The van der Waals surface area contributed by atoms with Crippen LogP contribution in [0.15, 0.2) is 34.9 Å². The summed E-state index contributed by atoms with van der Waals surface area (Å²) in [4.78, 5) is 0. The third-order valence-corrected chi connectivity index (χ3v) is 9.75. The number of allylic oxidation sites excluding steroid dienone is 6. The molecule has 0 heterocycles. The maximum absolute atomic E-state index is 2.67. The average molecular weight is 381 g/mol. The van der Waals surface area contributed by atoms with Crippen LogP contribution in [-0.2, 0) is 0 Å². The van der Waals surface area contributed by atoms with Crippen molar-refractivity contribution in [3.8, 4) is 0 Å². The van der Waals surface area contributed by atoms with Gasteiger partial charge in [-0.1, -0.05) is 62.6 Å². The van der Waals surface area contributed by atoms with E-state index in [9.17, 15) is 0 Å². The van der Waals surface area contributed by atoms with Gasteiger partial charge in [0.1, 0.15) is 0 Å². The van der Waals surface area contributed by atoms with Gasteiger partial charge in [0.05, 0.1) is 0 Å². The van der Waals surface area contributed by atoms with Crippen LogP contribution in [0.5, 0.6) is 0 Å². The fourth-order valence-electron chi connectivity index (χ4n) is 8.00. The van der Waals surface area contributed by atoms with Crippen LogP contribution >= 0.6 is 0 Å². The zero-order valence-corrected chi connectivity index (χ0v) is 19.5. The quantitative estimate of drug-likeness (QED) is 0.429. The standard InChI is InChI=1S/C28H44/c1-19(2)8-7-9-21(4)24-12-13-25-23-11-10-22-18-20(3)14-16-27(22,5)26(23)15-17-28(24,25)6/h8,10-11,20-21,24-26H,7,9,12-18H2,1-6H3/t20-,21+,24+,25?,26?,27-,28+/m0/s1. The third kappa shape index (κ3) is 3.27. The lowest BCUT2D eigenvalue weighted by atomic mass is 9.49. The van der Waals surface area contributed by atoms with Crippen LogP contribution in [0, 0.1) is 40.4 Å². The molecule has 28 heavy (non-hydrogen) atoms. The predicted octanol–water partition coefficient (Wildman–Crippen LogP) is 8.50. The lowest BCUT2D eigenvalue weighted by Gasteiger charge is -2.55. The van der Waals surface area contributed by atoms with Crippen LogP contribution in [0.4, 0.5) is 0 Å². The molecule has 4 aliphatic rings. The minimum absolute atomic E-state index is 0.477. The second kappa shape index (κ2) is 7.48. The molecule has 3 fully saturated rings. The summed E-state index contributed by atoms with van der Waals surface area (Å²) in [6, 6.07) is 0. The summed E-state index contributed by atoms with van der Waals surface area (Å²) in [7, 11) is 0. The van der Waals surface area contributed by atoms with E-state index in [1.807, 2.05) is 5.57 Å². The first kappa shape index (κ1) is 20.5. The van der Waals surface area contributed by atoms with Crippen LogP contribution in [0.25, 0.3) is 0 Å². The lowest BCUT2D eigenvalue weighted by molar-refractivity contribution is 0.0455. The Bertz CT molecular complexity index is 687. The summed E-state index contributed by atoms with van der Waals surface area (Å²) in [5, 5.41) is 0. The number of rotatable bonds is 4. The molecule has 4 aliphatic carbocycles. The first-order chi connectivity index (χ1) is 13.3. The summed E-state index contributed by atoms with van der Waals surface area (Å²) in [6.45, 7) is 14.8. The molecular formula is C28H44. The summed E-state index contributed by atoms with van der Waals surface area (Å²) >= 11 is 0. The Labute approximate surface area is 175 Å². The highest BCUT2D eigenvalue weighted by molar-refractivity contribution is 5.38. The molecule has 0 saturated heterocycles. The molecule has 0 N–H and O–H groups in total. The Hall–Kier alpha value is -0.780. The minimum Gasteiger partial charge on any atom is -0.0859 e. The van der Waals surface area contributed by atoms with E-state index < -0.39 is 0 Å². The molecule has 0 heteroatoms. The molecule has 0 amide bonds. The third-order valence-electron chi connectivity index (χ3n) is 9.75. The van der Waals surface area contributed by atoms with Crippen molar-refractivity contribution in [1.29, 1.82) is 0 Å². The van der Waals surface area contributed by atoms with Crippen LogP contribution in [0.2, 0.25) is 0 Å². The van der Waals surface area contributed by atoms with Gasteiger partial charge in [-0.25, -0.2) is 0 Å². The van der Waals surface area contributed by atoms with Crippen LogP contribution in [0.3, 0.4) is 0 Å². The van der Waals surface area contributed by atoms with Crippen molar-refractivity contribution in [2.24, 2.45) is 40.4 Å². The van der Waals surface area contributed by atoms with Gasteiger partial charge in [0.15, 0.2) is 0 Å². The Morgan fingerprint density at radius 2 is 1.86 bits per heavy atom. The van der Waals surface area contributed by atoms with Crippen molar-refractivity contribution in [2.45, 2.75) is 99.3 Å². The van der Waals surface area contributed by atoms with E-state index >= 15 is 0 Å². The highest BCUT2D eigenvalue weighted by Gasteiger charge is 2.56. The molecule has 7 atom stereocenters. The fourth-order valence-corrected chi connectivity index (χ4v) is 8.00. The molecule has 0 radical (unpaired) electrons. The minimum atomic E-state index is 0.477. The Kier molecular flexibility index (Phi) is 5.47. The topological polar surface area (TPSA) is 0 Å². The summed E-state index contributed by atoms with van der Waals surface area (Å²) < 4.78 is 0. The molecule has 2 unspecified atom stereocenters. The maximum Gasteiger partial charge on any atom is -0.00474 e. The average Bonchev–Trinajstić information content (AvgIpc) is 2.99. The molecular weight excluding hydrogens is 336 g/mol. The van der Waals surface area contributed by atoms with Gasteiger partial charge in [0.2, 0.25) is 0 Å².